The Morgan fingerprint density at radius 2 is 1.95 bits per heavy atom. The third-order valence-corrected chi connectivity index (χ3v) is 7.97. The summed E-state index contributed by atoms with van der Waals surface area (Å²) in [7, 11) is 3.23. The van der Waals surface area contributed by atoms with Crippen molar-refractivity contribution >= 4 is 22.4 Å². The number of carbonyl (C=O) groups is 1. The van der Waals surface area contributed by atoms with Crippen LogP contribution in [0.2, 0.25) is 0 Å². The van der Waals surface area contributed by atoms with E-state index in [-0.39, 0.29) is 44.9 Å². The number of hydrogen-bond acceptors (Lipinski definition) is 9. The Labute approximate surface area is 241 Å². The number of hydrogen-bond donors (Lipinski definition) is 1. The number of aromatic nitrogens is 7. The van der Waals surface area contributed by atoms with Crippen LogP contribution in [0.3, 0.4) is 0 Å². The molecule has 0 aliphatic heterocycles. The Balaban J connectivity index is 1.35. The summed E-state index contributed by atoms with van der Waals surface area (Å²) < 4.78 is 35.7. The second kappa shape index (κ2) is 10.9. The molecule has 1 aliphatic carbocycles. The van der Waals surface area contributed by atoms with Gasteiger partial charge in [-0.15, -0.1) is 10.2 Å². The van der Waals surface area contributed by atoms with Gasteiger partial charge in [0, 0.05) is 48.7 Å². The first-order valence-electron chi connectivity index (χ1n) is 12.9. The Kier molecular flexibility index (Phi) is 7.06. The zero-order valence-corrected chi connectivity index (χ0v) is 23.5. The topological polar surface area (TPSA) is 130 Å². The first-order chi connectivity index (χ1) is 20.2. The van der Waals surface area contributed by atoms with Crippen LogP contribution in [0.4, 0.5) is 13.9 Å². The third-order valence-electron chi connectivity index (χ3n) is 7.00. The number of pyridine rings is 3. The Hall–Kier alpha value is -4.85. The van der Waals surface area contributed by atoms with E-state index in [0.29, 0.717) is 5.92 Å². The minimum Gasteiger partial charge on any atom is -0.494 e. The lowest BCUT2D eigenvalue weighted by atomic mass is 10.00. The molecule has 0 saturated heterocycles. The molecule has 0 bridgehead atoms. The number of carbonyl (C=O) groups excluding carboxylic acids is 1. The highest BCUT2D eigenvalue weighted by Gasteiger charge is 2.43. The Morgan fingerprint density at radius 1 is 1.12 bits per heavy atom. The monoisotopic (exact) mass is 590 g/mol. The average molecular weight is 591 g/mol. The van der Waals surface area contributed by atoms with Gasteiger partial charge in [-0.25, -0.2) is 13.8 Å². The van der Waals surface area contributed by atoms with Crippen molar-refractivity contribution in [2.75, 3.05) is 12.4 Å². The van der Waals surface area contributed by atoms with Crippen LogP contribution in [0, 0.1) is 6.92 Å². The molecule has 5 heterocycles. The Bertz CT molecular complexity index is 1870. The molecule has 1 aliphatic rings. The maximum Gasteiger partial charge on any atom is 0.280 e. The van der Waals surface area contributed by atoms with Crippen LogP contribution in [-0.2, 0) is 7.05 Å². The summed E-state index contributed by atoms with van der Waals surface area (Å²) in [6.07, 6.45) is 5.88. The summed E-state index contributed by atoms with van der Waals surface area (Å²) in [4.78, 5) is 34.4. The van der Waals surface area contributed by atoms with Crippen molar-refractivity contribution in [1.82, 2.24) is 34.5 Å². The third kappa shape index (κ3) is 5.28. The van der Waals surface area contributed by atoms with Crippen molar-refractivity contribution in [3.8, 4) is 22.7 Å². The molecule has 1 unspecified atom stereocenters. The van der Waals surface area contributed by atoms with Crippen LogP contribution in [-0.4, -0.2) is 47.5 Å². The van der Waals surface area contributed by atoms with E-state index in [2.05, 4.69) is 30.6 Å². The number of halogens is 2. The molecule has 5 aromatic rings. The molecular formula is C28H24F2N8O3S. The maximum atomic E-state index is 13.6. The smallest absolute Gasteiger partial charge is 0.280 e. The maximum absolute atomic E-state index is 13.6. The molecule has 11 nitrogen and oxygen atoms in total. The second-order valence-corrected chi connectivity index (χ2v) is 10.9. The zero-order chi connectivity index (χ0) is 29.5. The van der Waals surface area contributed by atoms with Gasteiger partial charge in [-0.1, -0.05) is 11.3 Å². The van der Waals surface area contributed by atoms with Gasteiger partial charge in [-0.3, -0.25) is 29.1 Å². The molecule has 5 aromatic heterocycles. The van der Waals surface area contributed by atoms with Crippen molar-refractivity contribution in [1.29, 1.82) is 0 Å². The summed E-state index contributed by atoms with van der Waals surface area (Å²) in [5.41, 5.74) is 1.51. The van der Waals surface area contributed by atoms with Gasteiger partial charge in [0.1, 0.15) is 22.3 Å². The van der Waals surface area contributed by atoms with Crippen molar-refractivity contribution in [2.45, 2.75) is 31.6 Å². The lowest BCUT2D eigenvalue weighted by Gasteiger charge is -2.15. The average Bonchev–Trinajstić information content (AvgIpc) is 3.42. The van der Waals surface area contributed by atoms with E-state index in [4.69, 9.17) is 4.74 Å². The molecule has 2 atom stereocenters. The van der Waals surface area contributed by atoms with E-state index in [1.807, 2.05) is 19.4 Å². The van der Waals surface area contributed by atoms with Crippen LogP contribution < -0.4 is 15.6 Å². The number of nitrogens with one attached hydrogen (secondary N) is 1. The number of alkyl halides is 2. The summed E-state index contributed by atoms with van der Waals surface area (Å²) in [5, 5.41) is 16.5. The van der Waals surface area contributed by atoms with Crippen LogP contribution in [0.5, 0.6) is 5.75 Å². The summed E-state index contributed by atoms with van der Waals surface area (Å²) >= 11 is 1.27. The molecule has 42 heavy (non-hydrogen) atoms. The molecule has 14 heteroatoms. The van der Waals surface area contributed by atoms with E-state index in [0.717, 1.165) is 28.6 Å². The minimum absolute atomic E-state index is 0.0556. The minimum atomic E-state index is -2.86. The molecule has 0 radical (unpaired) electrons. The predicted molar refractivity (Wildman–Crippen MR) is 150 cm³/mol. The first-order valence-corrected chi connectivity index (χ1v) is 13.7. The van der Waals surface area contributed by atoms with E-state index in [1.165, 1.54) is 47.5 Å². The summed E-state index contributed by atoms with van der Waals surface area (Å²) in [6, 6.07) is 5.81. The van der Waals surface area contributed by atoms with Crippen LogP contribution >= 0.6 is 11.3 Å². The molecule has 1 saturated carbocycles. The zero-order valence-electron chi connectivity index (χ0n) is 22.7. The van der Waals surface area contributed by atoms with Crippen molar-refractivity contribution < 1.29 is 18.3 Å². The number of rotatable bonds is 8. The number of aryl methyl sites for hydroxylation is 2. The van der Waals surface area contributed by atoms with Crippen molar-refractivity contribution in [3.63, 3.8) is 0 Å². The normalized spacial score (nSPS) is 16.0. The van der Waals surface area contributed by atoms with Gasteiger partial charge in [-0.05, 0) is 48.6 Å². The first kappa shape index (κ1) is 27.3. The van der Waals surface area contributed by atoms with Crippen LogP contribution in [0.25, 0.3) is 16.9 Å². The number of methoxy groups -OCH3 is 1. The van der Waals surface area contributed by atoms with Gasteiger partial charge in [0.2, 0.25) is 5.13 Å². The van der Waals surface area contributed by atoms with E-state index < -0.39 is 18.0 Å². The quantitative estimate of drug-likeness (QED) is 0.276. The molecule has 1 fully saturated rings. The predicted octanol–water partition coefficient (Wildman–Crippen LogP) is 4.66. The number of amides is 1. The lowest BCUT2D eigenvalue weighted by Crippen LogP contribution is -2.19. The molecule has 1 N–H and O–H groups in total. The van der Waals surface area contributed by atoms with Gasteiger partial charge >= 0.3 is 0 Å². The fraction of sp³-hybridized carbons (Fsp3) is 0.250. The van der Waals surface area contributed by atoms with Crippen LogP contribution in [0.15, 0.2) is 60.0 Å². The molecular weight excluding hydrogens is 566 g/mol. The second-order valence-electron chi connectivity index (χ2n) is 9.91. The fourth-order valence-electron chi connectivity index (χ4n) is 4.77. The van der Waals surface area contributed by atoms with Crippen molar-refractivity contribution in [3.05, 3.63) is 93.0 Å². The van der Waals surface area contributed by atoms with Gasteiger partial charge in [-0.2, -0.15) is 5.10 Å². The highest BCUT2D eigenvalue weighted by molar-refractivity contribution is 7.15. The summed E-state index contributed by atoms with van der Waals surface area (Å²) in [5.74, 6) is 0.259. The van der Waals surface area contributed by atoms with Gasteiger partial charge in [0.25, 0.3) is 17.9 Å². The van der Waals surface area contributed by atoms with Gasteiger partial charge in [0.15, 0.2) is 0 Å². The van der Waals surface area contributed by atoms with E-state index in [9.17, 15) is 18.4 Å². The highest BCUT2D eigenvalue weighted by Crippen LogP contribution is 2.55. The van der Waals surface area contributed by atoms with Gasteiger partial charge < -0.3 is 4.74 Å². The molecule has 214 valence electrons. The largest absolute Gasteiger partial charge is 0.494 e. The van der Waals surface area contributed by atoms with E-state index in [1.54, 1.807) is 23.9 Å². The highest BCUT2D eigenvalue weighted by atomic mass is 32.1. The van der Waals surface area contributed by atoms with Crippen molar-refractivity contribution in [2.24, 2.45) is 7.05 Å². The SMILES string of the molecule is COc1cnc(C(F)F)cc1-c1cc(-n2ccc(C)cc2=O)ncc1C(=O)Nc1nnc(C2C[C@@H]2c2cnn(C)c2)s1. The molecule has 6 rings (SSSR count). The molecule has 0 spiro atoms. The standard InChI is InChI=1S/C28H24F2N8O3S/c1-14-4-5-38(24(39)6-14)23-9-17(18-8-21(25(29)30)31-12-22(18)41-3)20(11-32-23)26(40)34-28-36-35-27(42-28)19-7-16(19)15-10-33-37(2)13-15/h4-6,8-13,16,19,25H,7H2,1-3H3,(H,34,36,40)/t16-,19?/m1/s1. The number of anilines is 1. The van der Waals surface area contributed by atoms with E-state index >= 15 is 0 Å². The summed E-state index contributed by atoms with van der Waals surface area (Å²) in [6.45, 7) is 1.78. The number of ether oxygens (including phenoxy) is 1. The fourth-order valence-corrected chi connectivity index (χ4v) is 5.68. The van der Waals surface area contributed by atoms with Crippen LogP contribution in [0.1, 0.15) is 56.9 Å². The number of nitrogens with zero attached hydrogens (tertiary/aromatic N) is 7. The Morgan fingerprint density at radius 3 is 2.67 bits per heavy atom. The molecule has 0 aromatic carbocycles. The lowest BCUT2D eigenvalue weighted by molar-refractivity contribution is 0.102. The van der Waals surface area contributed by atoms with Gasteiger partial charge in [0.05, 0.1) is 25.1 Å². The molecule has 1 amide bonds.